The van der Waals surface area contributed by atoms with Gasteiger partial charge in [-0.1, -0.05) is 18.2 Å². The molecule has 0 unspecified atom stereocenters. The van der Waals surface area contributed by atoms with E-state index in [1.54, 1.807) is 20.8 Å². The SMILES string of the molecule is CC(=O)Nc1c(C)c2c(N[C@H](C)c3cccc(C(F)F)c3F)nc(C)nc2oc1=O. The zero-order valence-corrected chi connectivity index (χ0v) is 16.6. The van der Waals surface area contributed by atoms with Crippen molar-refractivity contribution in [1.29, 1.82) is 0 Å². The molecule has 0 saturated heterocycles. The van der Waals surface area contributed by atoms with Crippen LogP contribution in [0.4, 0.5) is 24.7 Å². The first-order valence-corrected chi connectivity index (χ1v) is 9.02. The van der Waals surface area contributed by atoms with E-state index >= 15 is 0 Å². The minimum atomic E-state index is -2.95. The molecule has 7 nitrogen and oxygen atoms in total. The lowest BCUT2D eigenvalue weighted by Crippen LogP contribution is -2.18. The first kappa shape index (κ1) is 21.3. The first-order valence-electron chi connectivity index (χ1n) is 9.02. The van der Waals surface area contributed by atoms with E-state index in [1.165, 1.54) is 19.1 Å². The van der Waals surface area contributed by atoms with Crippen molar-refractivity contribution in [3.8, 4) is 0 Å². The van der Waals surface area contributed by atoms with Crippen molar-refractivity contribution < 1.29 is 22.4 Å². The summed E-state index contributed by atoms with van der Waals surface area (Å²) in [5.74, 6) is -0.996. The lowest BCUT2D eigenvalue weighted by atomic mass is 10.0. The van der Waals surface area contributed by atoms with Crippen molar-refractivity contribution in [2.75, 3.05) is 10.6 Å². The fourth-order valence-corrected chi connectivity index (χ4v) is 3.16. The Labute approximate surface area is 169 Å². The Hall–Kier alpha value is -3.43. The molecule has 3 aromatic rings. The molecule has 0 radical (unpaired) electrons. The standard InChI is InChI=1S/C20H19F3N4O3/c1-8-14-18(24-9(2)12-6-5-7-13(15(12)21)17(22)23)25-10(3)26-19(14)30-20(29)16(8)27-11(4)28/h5-7,9,17H,1-4H3,(H,27,28)(H,24,25,26)/t9-/m1/s1. The van der Waals surface area contributed by atoms with Crippen LogP contribution in [0.5, 0.6) is 0 Å². The Morgan fingerprint density at radius 3 is 2.47 bits per heavy atom. The van der Waals surface area contributed by atoms with Gasteiger partial charge in [-0.25, -0.2) is 22.9 Å². The largest absolute Gasteiger partial charge is 0.402 e. The van der Waals surface area contributed by atoms with Crippen molar-refractivity contribution in [2.45, 2.75) is 40.2 Å². The maximum Gasteiger partial charge on any atom is 0.361 e. The highest BCUT2D eigenvalue weighted by Crippen LogP contribution is 2.32. The Balaban J connectivity index is 2.13. The molecule has 2 aromatic heterocycles. The number of aromatic nitrogens is 2. The Bertz CT molecular complexity index is 1190. The lowest BCUT2D eigenvalue weighted by Gasteiger charge is -2.19. The van der Waals surface area contributed by atoms with Gasteiger partial charge in [-0.2, -0.15) is 4.98 Å². The van der Waals surface area contributed by atoms with Crippen LogP contribution in [0.2, 0.25) is 0 Å². The zero-order chi connectivity index (χ0) is 22.2. The van der Waals surface area contributed by atoms with Crippen molar-refractivity contribution in [2.24, 2.45) is 0 Å². The normalized spacial score (nSPS) is 12.3. The molecule has 2 heterocycles. The molecule has 1 amide bonds. The number of aryl methyl sites for hydroxylation is 2. The zero-order valence-electron chi connectivity index (χ0n) is 16.6. The van der Waals surface area contributed by atoms with Gasteiger partial charge in [-0.3, -0.25) is 4.79 Å². The van der Waals surface area contributed by atoms with E-state index in [4.69, 9.17) is 4.42 Å². The molecule has 0 bridgehead atoms. The number of rotatable bonds is 5. The Morgan fingerprint density at radius 1 is 1.17 bits per heavy atom. The Kier molecular flexibility index (Phi) is 5.77. The number of nitrogens with zero attached hydrogens (tertiary/aromatic N) is 2. The highest BCUT2D eigenvalue weighted by atomic mass is 19.3. The van der Waals surface area contributed by atoms with Crippen molar-refractivity contribution >= 4 is 28.5 Å². The summed E-state index contributed by atoms with van der Waals surface area (Å²) >= 11 is 0. The summed E-state index contributed by atoms with van der Waals surface area (Å²) in [4.78, 5) is 32.1. The number of anilines is 2. The van der Waals surface area contributed by atoms with Crippen LogP contribution in [-0.4, -0.2) is 15.9 Å². The third kappa shape index (κ3) is 3.98. The van der Waals surface area contributed by atoms with Crippen molar-refractivity contribution in [3.63, 3.8) is 0 Å². The molecule has 10 heteroatoms. The predicted molar refractivity (Wildman–Crippen MR) is 105 cm³/mol. The summed E-state index contributed by atoms with van der Waals surface area (Å²) in [5, 5.41) is 5.70. The molecular formula is C20H19F3N4O3. The number of hydrogen-bond donors (Lipinski definition) is 2. The molecule has 3 rings (SSSR count). The molecule has 0 aliphatic rings. The third-order valence-corrected chi connectivity index (χ3v) is 4.55. The molecular weight excluding hydrogens is 401 g/mol. The average Bonchev–Trinajstić information content (AvgIpc) is 2.64. The number of fused-ring (bicyclic) bond motifs is 1. The fourth-order valence-electron chi connectivity index (χ4n) is 3.16. The molecule has 158 valence electrons. The van der Waals surface area contributed by atoms with E-state index in [0.29, 0.717) is 10.9 Å². The van der Waals surface area contributed by atoms with E-state index in [1.807, 2.05) is 0 Å². The second-order valence-electron chi connectivity index (χ2n) is 6.79. The van der Waals surface area contributed by atoms with Gasteiger partial charge < -0.3 is 15.1 Å². The highest BCUT2D eigenvalue weighted by molar-refractivity contribution is 5.96. The van der Waals surface area contributed by atoms with Gasteiger partial charge in [0.05, 0.1) is 17.0 Å². The summed E-state index contributed by atoms with van der Waals surface area (Å²) in [6.45, 7) is 5.98. The molecule has 0 saturated carbocycles. The molecule has 0 aliphatic carbocycles. The predicted octanol–water partition coefficient (Wildman–Crippen LogP) is 4.41. The van der Waals surface area contributed by atoms with Gasteiger partial charge >= 0.3 is 5.63 Å². The summed E-state index contributed by atoms with van der Waals surface area (Å²) in [6.07, 6.45) is -2.95. The number of carbonyl (C=O) groups is 1. The van der Waals surface area contributed by atoms with E-state index in [9.17, 15) is 22.8 Å². The lowest BCUT2D eigenvalue weighted by molar-refractivity contribution is -0.114. The summed E-state index contributed by atoms with van der Waals surface area (Å²) in [6, 6.07) is 3.02. The fraction of sp³-hybridized carbons (Fsp3) is 0.300. The molecule has 1 atom stereocenters. The van der Waals surface area contributed by atoms with Crippen LogP contribution in [0.3, 0.4) is 0 Å². The molecule has 0 spiro atoms. The van der Waals surface area contributed by atoms with Gasteiger partial charge in [0.1, 0.15) is 23.1 Å². The first-order chi connectivity index (χ1) is 14.1. The van der Waals surface area contributed by atoms with Crippen LogP contribution >= 0.6 is 0 Å². The molecule has 0 fully saturated rings. The van der Waals surface area contributed by atoms with Gasteiger partial charge in [-0.15, -0.1) is 0 Å². The number of alkyl halides is 2. The maximum atomic E-state index is 14.5. The van der Waals surface area contributed by atoms with E-state index in [-0.39, 0.29) is 28.6 Å². The number of halogens is 3. The van der Waals surface area contributed by atoms with E-state index in [2.05, 4.69) is 20.6 Å². The quantitative estimate of drug-likeness (QED) is 0.635. The topological polar surface area (TPSA) is 97.1 Å². The van der Waals surface area contributed by atoms with Gasteiger partial charge in [-0.05, 0) is 26.3 Å². The minimum absolute atomic E-state index is 0.0180. The summed E-state index contributed by atoms with van der Waals surface area (Å²) < 4.78 is 45.9. The van der Waals surface area contributed by atoms with Crippen molar-refractivity contribution in [3.05, 3.63) is 57.0 Å². The monoisotopic (exact) mass is 420 g/mol. The smallest absolute Gasteiger partial charge is 0.361 e. The number of carbonyl (C=O) groups excluding carboxylic acids is 1. The van der Waals surface area contributed by atoms with Gasteiger partial charge in [0.15, 0.2) is 0 Å². The van der Waals surface area contributed by atoms with Crippen LogP contribution in [0.1, 0.15) is 48.8 Å². The molecule has 30 heavy (non-hydrogen) atoms. The minimum Gasteiger partial charge on any atom is -0.402 e. The number of nitrogens with one attached hydrogen (secondary N) is 2. The van der Waals surface area contributed by atoms with Gasteiger partial charge in [0, 0.05) is 12.5 Å². The second kappa shape index (κ2) is 8.13. The molecule has 1 aromatic carbocycles. The summed E-state index contributed by atoms with van der Waals surface area (Å²) in [7, 11) is 0. The van der Waals surface area contributed by atoms with Gasteiger partial charge in [0.25, 0.3) is 6.43 Å². The third-order valence-electron chi connectivity index (χ3n) is 4.55. The average molecular weight is 420 g/mol. The van der Waals surface area contributed by atoms with Crippen LogP contribution < -0.4 is 16.3 Å². The van der Waals surface area contributed by atoms with E-state index < -0.39 is 35.4 Å². The summed E-state index contributed by atoms with van der Waals surface area (Å²) in [5.41, 5.74) is -1.18. The van der Waals surface area contributed by atoms with Gasteiger partial charge in [0.2, 0.25) is 11.6 Å². The highest BCUT2D eigenvalue weighted by Gasteiger charge is 2.22. The Morgan fingerprint density at radius 2 is 1.83 bits per heavy atom. The number of amides is 1. The van der Waals surface area contributed by atoms with Crippen molar-refractivity contribution in [1.82, 2.24) is 9.97 Å². The second-order valence-corrected chi connectivity index (χ2v) is 6.79. The van der Waals surface area contributed by atoms with Crippen LogP contribution in [0.25, 0.3) is 11.1 Å². The van der Waals surface area contributed by atoms with E-state index in [0.717, 1.165) is 6.07 Å². The number of hydrogen-bond acceptors (Lipinski definition) is 6. The van der Waals surface area contributed by atoms with Crippen LogP contribution in [0.15, 0.2) is 27.4 Å². The van der Waals surface area contributed by atoms with Crippen LogP contribution in [0, 0.1) is 19.7 Å². The van der Waals surface area contributed by atoms with Crippen LogP contribution in [-0.2, 0) is 4.79 Å². The maximum absolute atomic E-state index is 14.5. The molecule has 2 N–H and O–H groups in total. The number of benzene rings is 1. The molecule has 0 aliphatic heterocycles.